The van der Waals surface area contributed by atoms with Crippen molar-refractivity contribution in [2.75, 3.05) is 13.1 Å². The van der Waals surface area contributed by atoms with Gasteiger partial charge in [0.2, 0.25) is 5.89 Å². The number of hydrogen-bond donors (Lipinski definition) is 1. The zero-order valence-electron chi connectivity index (χ0n) is 7.00. The fourth-order valence-electron chi connectivity index (χ4n) is 2.17. The number of fused-ring (bicyclic) bond motifs is 1. The van der Waals surface area contributed by atoms with Crippen molar-refractivity contribution in [2.45, 2.75) is 18.8 Å². The maximum atomic E-state index is 5.19. The number of hydrogen-bond acceptors (Lipinski definition) is 4. The molecule has 1 saturated heterocycles. The summed E-state index contributed by atoms with van der Waals surface area (Å²) in [5.74, 6) is 2.34. The fraction of sp³-hybridized carbons (Fsp3) is 0.750. The van der Waals surface area contributed by atoms with Crippen LogP contribution in [0.4, 0.5) is 0 Å². The largest absolute Gasteiger partial charge is 0.339 e. The van der Waals surface area contributed by atoms with Gasteiger partial charge in [-0.2, -0.15) is 4.98 Å². The van der Waals surface area contributed by atoms with Crippen LogP contribution in [0.25, 0.3) is 0 Å². The Kier molecular flexibility index (Phi) is 1.03. The summed E-state index contributed by atoms with van der Waals surface area (Å²) >= 11 is 0. The van der Waals surface area contributed by atoms with Crippen LogP contribution in [0.2, 0.25) is 0 Å². The lowest BCUT2D eigenvalue weighted by atomic mass is 10.1. The van der Waals surface area contributed by atoms with Crippen molar-refractivity contribution in [1.82, 2.24) is 15.5 Å². The maximum Gasteiger partial charge on any atom is 0.234 e. The molecule has 4 nitrogen and oxygen atoms in total. The van der Waals surface area contributed by atoms with Gasteiger partial charge in [0, 0.05) is 6.54 Å². The van der Waals surface area contributed by atoms with E-state index in [0.29, 0.717) is 0 Å². The van der Waals surface area contributed by atoms with E-state index in [9.17, 15) is 0 Å². The molecular weight excluding hydrogens is 154 g/mol. The molecule has 64 valence electrons. The lowest BCUT2D eigenvalue weighted by Gasteiger charge is -2.02. The van der Waals surface area contributed by atoms with Crippen LogP contribution in [0.1, 0.15) is 18.1 Å². The van der Waals surface area contributed by atoms with Crippen molar-refractivity contribution in [2.24, 2.45) is 5.92 Å². The minimum Gasteiger partial charge on any atom is -0.339 e. The Morgan fingerprint density at radius 1 is 1.67 bits per heavy atom. The highest BCUT2D eigenvalue weighted by Crippen LogP contribution is 2.55. The van der Waals surface area contributed by atoms with Crippen molar-refractivity contribution in [3.63, 3.8) is 0 Å². The third-order valence-electron chi connectivity index (χ3n) is 3.02. The Balaban J connectivity index is 1.99. The van der Waals surface area contributed by atoms with Gasteiger partial charge in [0.1, 0.15) is 0 Å². The second-order valence-corrected chi connectivity index (χ2v) is 3.83. The second kappa shape index (κ2) is 1.88. The molecule has 1 aliphatic carbocycles. The molecule has 0 spiro atoms. The summed E-state index contributed by atoms with van der Waals surface area (Å²) in [7, 11) is 0. The predicted octanol–water partition coefficient (Wildman–Crippen LogP) is 0.239. The highest BCUT2D eigenvalue weighted by Gasteiger charge is 2.62. The number of nitrogens with one attached hydrogen (secondary N) is 1. The second-order valence-electron chi connectivity index (χ2n) is 3.83. The van der Waals surface area contributed by atoms with E-state index in [0.717, 1.165) is 30.7 Å². The van der Waals surface area contributed by atoms with Gasteiger partial charge in [-0.25, -0.2) is 0 Å². The van der Waals surface area contributed by atoms with E-state index in [1.807, 2.05) is 6.92 Å². The smallest absolute Gasteiger partial charge is 0.234 e. The van der Waals surface area contributed by atoms with Crippen LogP contribution in [-0.2, 0) is 5.41 Å². The van der Waals surface area contributed by atoms with Crippen LogP contribution >= 0.6 is 0 Å². The SMILES string of the molecule is Cc1noc([C@]23CNCC2C3)n1. The van der Waals surface area contributed by atoms with Crippen LogP contribution < -0.4 is 5.32 Å². The normalized spacial score (nSPS) is 38.2. The molecule has 3 rings (SSSR count). The lowest BCUT2D eigenvalue weighted by Crippen LogP contribution is -2.19. The number of piperidine rings is 1. The summed E-state index contributed by atoms with van der Waals surface area (Å²) in [6, 6.07) is 0. The van der Waals surface area contributed by atoms with Gasteiger partial charge in [0.25, 0.3) is 0 Å². The van der Waals surface area contributed by atoms with E-state index < -0.39 is 0 Å². The molecule has 1 aliphatic heterocycles. The van der Waals surface area contributed by atoms with Gasteiger partial charge in [0.05, 0.1) is 5.41 Å². The Morgan fingerprint density at radius 2 is 2.58 bits per heavy atom. The monoisotopic (exact) mass is 165 g/mol. The van der Waals surface area contributed by atoms with E-state index in [2.05, 4.69) is 15.5 Å². The minimum atomic E-state index is 0.223. The highest BCUT2D eigenvalue weighted by atomic mass is 16.5. The zero-order valence-corrected chi connectivity index (χ0v) is 7.00. The third kappa shape index (κ3) is 0.659. The summed E-state index contributed by atoms with van der Waals surface area (Å²) in [6.07, 6.45) is 1.22. The van der Waals surface area contributed by atoms with Crippen molar-refractivity contribution in [3.05, 3.63) is 11.7 Å². The number of nitrogens with zero attached hydrogens (tertiary/aromatic N) is 2. The van der Waals surface area contributed by atoms with Gasteiger partial charge in [-0.05, 0) is 25.8 Å². The number of aryl methyl sites for hydroxylation is 1. The molecule has 0 bridgehead atoms. The predicted molar refractivity (Wildman–Crippen MR) is 41.7 cm³/mol. The molecule has 2 atom stereocenters. The van der Waals surface area contributed by atoms with E-state index >= 15 is 0 Å². The molecule has 2 aliphatic rings. The summed E-state index contributed by atoms with van der Waals surface area (Å²) in [6.45, 7) is 3.99. The summed E-state index contributed by atoms with van der Waals surface area (Å²) < 4.78 is 5.19. The third-order valence-corrected chi connectivity index (χ3v) is 3.02. The molecule has 12 heavy (non-hydrogen) atoms. The summed E-state index contributed by atoms with van der Waals surface area (Å²) in [4.78, 5) is 4.29. The van der Waals surface area contributed by atoms with Gasteiger partial charge < -0.3 is 9.84 Å². The molecule has 0 aromatic carbocycles. The standard InChI is InChI=1S/C8H11N3O/c1-5-10-7(12-11-5)8-2-6(8)3-9-4-8/h6,9H,2-4H2,1H3/t6?,8-/m1/s1. The first-order valence-electron chi connectivity index (χ1n) is 4.33. The molecule has 1 aromatic heterocycles. The highest BCUT2D eigenvalue weighted by molar-refractivity contribution is 5.25. The van der Waals surface area contributed by atoms with E-state index in [1.54, 1.807) is 0 Å². The quantitative estimate of drug-likeness (QED) is 0.647. The number of aromatic nitrogens is 2. The molecule has 1 N–H and O–H groups in total. The van der Waals surface area contributed by atoms with Crippen LogP contribution in [0, 0.1) is 12.8 Å². The maximum absolute atomic E-state index is 5.19. The first-order valence-corrected chi connectivity index (χ1v) is 4.33. The van der Waals surface area contributed by atoms with Crippen molar-refractivity contribution in [3.8, 4) is 0 Å². The Labute approximate surface area is 70.3 Å². The van der Waals surface area contributed by atoms with Crippen molar-refractivity contribution in [1.29, 1.82) is 0 Å². The van der Waals surface area contributed by atoms with Crippen LogP contribution in [-0.4, -0.2) is 23.2 Å². The van der Waals surface area contributed by atoms with Gasteiger partial charge in [0.15, 0.2) is 5.82 Å². The first kappa shape index (κ1) is 6.60. The molecule has 2 heterocycles. The van der Waals surface area contributed by atoms with Gasteiger partial charge >= 0.3 is 0 Å². The average molecular weight is 165 g/mol. The minimum absolute atomic E-state index is 0.223. The van der Waals surface area contributed by atoms with Gasteiger partial charge in [-0.1, -0.05) is 5.16 Å². The van der Waals surface area contributed by atoms with E-state index in [4.69, 9.17) is 4.52 Å². The van der Waals surface area contributed by atoms with E-state index in [-0.39, 0.29) is 5.41 Å². The summed E-state index contributed by atoms with van der Waals surface area (Å²) in [5, 5.41) is 7.16. The molecule has 1 unspecified atom stereocenters. The first-order chi connectivity index (χ1) is 5.81. The molecular formula is C8H11N3O. The average Bonchev–Trinajstić information content (AvgIpc) is 2.50. The van der Waals surface area contributed by atoms with Crippen molar-refractivity contribution >= 4 is 0 Å². The van der Waals surface area contributed by atoms with E-state index in [1.165, 1.54) is 6.42 Å². The molecule has 0 amide bonds. The topological polar surface area (TPSA) is 51.0 Å². The fourth-order valence-corrected chi connectivity index (χ4v) is 2.17. The lowest BCUT2D eigenvalue weighted by molar-refractivity contribution is 0.343. The molecule has 1 saturated carbocycles. The Bertz CT molecular complexity index is 322. The van der Waals surface area contributed by atoms with Gasteiger partial charge in [-0.3, -0.25) is 0 Å². The summed E-state index contributed by atoms with van der Waals surface area (Å²) in [5.41, 5.74) is 0.223. The Hall–Kier alpha value is -0.900. The van der Waals surface area contributed by atoms with Crippen LogP contribution in [0.15, 0.2) is 4.52 Å². The molecule has 4 heteroatoms. The number of rotatable bonds is 1. The van der Waals surface area contributed by atoms with Gasteiger partial charge in [-0.15, -0.1) is 0 Å². The van der Waals surface area contributed by atoms with Crippen molar-refractivity contribution < 1.29 is 4.52 Å². The molecule has 1 aromatic rings. The Morgan fingerprint density at radius 3 is 3.08 bits per heavy atom. The molecule has 2 fully saturated rings. The molecule has 0 radical (unpaired) electrons. The van der Waals surface area contributed by atoms with Crippen LogP contribution in [0.3, 0.4) is 0 Å². The van der Waals surface area contributed by atoms with Crippen LogP contribution in [0.5, 0.6) is 0 Å². The zero-order chi connectivity index (χ0) is 8.18.